The number of carbonyl (C=O) groups excluding carboxylic acids is 2. The average Bonchev–Trinajstić information content (AvgIpc) is 2.51. The number of nitriles is 1. The SMILES string of the molecule is CC(Oc1ccccc1C(C)C)C(=O)NCCNC(=O)CC#N. The molecule has 0 spiro atoms. The molecule has 0 heterocycles. The predicted molar refractivity (Wildman–Crippen MR) is 86.9 cm³/mol. The van der Waals surface area contributed by atoms with Crippen molar-refractivity contribution < 1.29 is 14.3 Å². The fraction of sp³-hybridized carbons (Fsp3) is 0.471. The van der Waals surface area contributed by atoms with Crippen LogP contribution < -0.4 is 15.4 Å². The Labute approximate surface area is 136 Å². The number of nitrogens with one attached hydrogen (secondary N) is 2. The normalized spacial score (nSPS) is 11.4. The third-order valence-electron chi connectivity index (χ3n) is 3.20. The first-order chi connectivity index (χ1) is 11.0. The molecule has 0 saturated carbocycles. The predicted octanol–water partition coefficient (Wildman–Crippen LogP) is 1.72. The minimum atomic E-state index is -0.635. The van der Waals surface area contributed by atoms with Gasteiger partial charge in [0.1, 0.15) is 12.2 Å². The number of ether oxygens (including phenoxy) is 1. The third kappa shape index (κ3) is 6.39. The molecule has 1 rings (SSSR count). The number of amides is 2. The number of para-hydroxylation sites is 1. The van der Waals surface area contributed by atoms with Crippen LogP contribution in [0.2, 0.25) is 0 Å². The summed E-state index contributed by atoms with van der Waals surface area (Å²) in [6.45, 7) is 6.38. The molecule has 0 aliphatic heterocycles. The Morgan fingerprint density at radius 1 is 1.17 bits per heavy atom. The van der Waals surface area contributed by atoms with E-state index in [9.17, 15) is 9.59 Å². The van der Waals surface area contributed by atoms with Crippen molar-refractivity contribution in [2.24, 2.45) is 0 Å². The first kappa shape index (κ1) is 18.5. The average molecular weight is 317 g/mol. The topological polar surface area (TPSA) is 91.2 Å². The van der Waals surface area contributed by atoms with E-state index in [4.69, 9.17) is 10.00 Å². The van der Waals surface area contributed by atoms with Crippen LogP contribution in [0.5, 0.6) is 5.75 Å². The van der Waals surface area contributed by atoms with Crippen LogP contribution in [0.25, 0.3) is 0 Å². The van der Waals surface area contributed by atoms with Gasteiger partial charge in [-0.1, -0.05) is 32.0 Å². The van der Waals surface area contributed by atoms with E-state index >= 15 is 0 Å². The first-order valence-corrected chi connectivity index (χ1v) is 7.62. The number of rotatable bonds is 8. The Hall–Kier alpha value is -2.55. The molecule has 6 nitrogen and oxygen atoms in total. The largest absolute Gasteiger partial charge is 0.481 e. The van der Waals surface area contributed by atoms with E-state index in [0.717, 1.165) is 5.56 Å². The van der Waals surface area contributed by atoms with Crippen LogP contribution in [0, 0.1) is 11.3 Å². The highest BCUT2D eigenvalue weighted by atomic mass is 16.5. The van der Waals surface area contributed by atoms with Crippen LogP contribution in [-0.2, 0) is 9.59 Å². The molecule has 2 N–H and O–H groups in total. The van der Waals surface area contributed by atoms with Gasteiger partial charge in [-0.15, -0.1) is 0 Å². The number of hydrogen-bond acceptors (Lipinski definition) is 4. The molecule has 2 amide bonds. The zero-order valence-electron chi connectivity index (χ0n) is 13.8. The van der Waals surface area contributed by atoms with E-state index in [1.807, 2.05) is 24.3 Å². The van der Waals surface area contributed by atoms with Crippen LogP contribution in [0.4, 0.5) is 0 Å². The van der Waals surface area contributed by atoms with Gasteiger partial charge >= 0.3 is 0 Å². The summed E-state index contributed by atoms with van der Waals surface area (Å²) in [5, 5.41) is 13.6. The second-order valence-electron chi connectivity index (χ2n) is 5.43. The number of benzene rings is 1. The zero-order valence-corrected chi connectivity index (χ0v) is 13.8. The van der Waals surface area contributed by atoms with Gasteiger partial charge in [-0.3, -0.25) is 9.59 Å². The summed E-state index contributed by atoms with van der Waals surface area (Å²) in [5.74, 6) is 0.402. The smallest absolute Gasteiger partial charge is 0.260 e. The van der Waals surface area contributed by atoms with E-state index in [1.165, 1.54) is 0 Å². The molecule has 124 valence electrons. The van der Waals surface area contributed by atoms with Crippen molar-refractivity contribution in [1.29, 1.82) is 5.26 Å². The lowest BCUT2D eigenvalue weighted by Gasteiger charge is -2.18. The van der Waals surface area contributed by atoms with Gasteiger partial charge in [-0.05, 0) is 24.5 Å². The maximum absolute atomic E-state index is 12.0. The summed E-state index contributed by atoms with van der Waals surface area (Å²) in [6.07, 6.45) is -0.816. The molecule has 0 aliphatic carbocycles. The van der Waals surface area contributed by atoms with E-state index in [2.05, 4.69) is 24.5 Å². The molecule has 0 fully saturated rings. The van der Waals surface area contributed by atoms with Gasteiger partial charge in [0.05, 0.1) is 6.07 Å². The molecule has 1 aromatic carbocycles. The molecule has 0 aromatic heterocycles. The van der Waals surface area contributed by atoms with Gasteiger partial charge in [-0.25, -0.2) is 0 Å². The Morgan fingerprint density at radius 2 is 1.83 bits per heavy atom. The van der Waals surface area contributed by atoms with Crippen molar-refractivity contribution in [3.63, 3.8) is 0 Å². The highest BCUT2D eigenvalue weighted by molar-refractivity contribution is 5.81. The van der Waals surface area contributed by atoms with Crippen LogP contribution in [-0.4, -0.2) is 31.0 Å². The van der Waals surface area contributed by atoms with E-state index in [0.29, 0.717) is 11.7 Å². The van der Waals surface area contributed by atoms with Crippen molar-refractivity contribution in [1.82, 2.24) is 10.6 Å². The van der Waals surface area contributed by atoms with Gasteiger partial charge < -0.3 is 15.4 Å². The Balaban J connectivity index is 2.43. The number of carbonyl (C=O) groups is 2. The molecule has 1 atom stereocenters. The van der Waals surface area contributed by atoms with Crippen molar-refractivity contribution >= 4 is 11.8 Å². The Kier molecular flexibility index (Phi) is 7.61. The molecule has 0 bridgehead atoms. The molecule has 0 radical (unpaired) electrons. The van der Waals surface area contributed by atoms with Gasteiger partial charge in [-0.2, -0.15) is 5.26 Å². The summed E-state index contributed by atoms with van der Waals surface area (Å²) in [5.41, 5.74) is 1.05. The molecule has 0 saturated heterocycles. The molecule has 0 aliphatic rings. The minimum Gasteiger partial charge on any atom is -0.481 e. The Morgan fingerprint density at radius 3 is 2.48 bits per heavy atom. The van der Waals surface area contributed by atoms with E-state index in [-0.39, 0.29) is 31.3 Å². The lowest BCUT2D eigenvalue weighted by molar-refractivity contribution is -0.127. The molecular formula is C17H23N3O3. The third-order valence-corrected chi connectivity index (χ3v) is 3.20. The first-order valence-electron chi connectivity index (χ1n) is 7.62. The second kappa shape index (κ2) is 9.46. The lowest BCUT2D eigenvalue weighted by atomic mass is 10.0. The van der Waals surface area contributed by atoms with Gasteiger partial charge in [0.15, 0.2) is 6.10 Å². The van der Waals surface area contributed by atoms with Crippen LogP contribution in [0.15, 0.2) is 24.3 Å². The van der Waals surface area contributed by atoms with Crippen LogP contribution >= 0.6 is 0 Å². The summed E-state index contributed by atoms with van der Waals surface area (Å²) in [4.78, 5) is 23.1. The summed E-state index contributed by atoms with van der Waals surface area (Å²) in [7, 11) is 0. The van der Waals surface area contributed by atoms with Crippen LogP contribution in [0.3, 0.4) is 0 Å². The fourth-order valence-corrected chi connectivity index (χ4v) is 1.97. The van der Waals surface area contributed by atoms with Crippen LogP contribution in [0.1, 0.15) is 38.7 Å². The van der Waals surface area contributed by atoms with Gasteiger partial charge in [0, 0.05) is 13.1 Å². The van der Waals surface area contributed by atoms with Crippen molar-refractivity contribution in [2.75, 3.05) is 13.1 Å². The zero-order chi connectivity index (χ0) is 17.2. The monoisotopic (exact) mass is 317 g/mol. The maximum atomic E-state index is 12.0. The van der Waals surface area contributed by atoms with Gasteiger partial charge in [0.25, 0.3) is 5.91 Å². The number of hydrogen-bond donors (Lipinski definition) is 2. The number of nitrogens with zero attached hydrogens (tertiary/aromatic N) is 1. The second-order valence-corrected chi connectivity index (χ2v) is 5.43. The maximum Gasteiger partial charge on any atom is 0.260 e. The molecular weight excluding hydrogens is 294 g/mol. The molecule has 1 aromatic rings. The molecule has 6 heteroatoms. The van der Waals surface area contributed by atoms with E-state index < -0.39 is 6.10 Å². The summed E-state index contributed by atoms with van der Waals surface area (Å²) >= 11 is 0. The highest BCUT2D eigenvalue weighted by Crippen LogP contribution is 2.26. The minimum absolute atomic E-state index is 0.181. The van der Waals surface area contributed by atoms with Crippen molar-refractivity contribution in [3.05, 3.63) is 29.8 Å². The quantitative estimate of drug-likeness (QED) is 0.714. The standard InChI is InChI=1S/C17H23N3O3/c1-12(2)14-6-4-5-7-15(14)23-13(3)17(22)20-11-10-19-16(21)8-9-18/h4-7,12-13H,8,10-11H2,1-3H3,(H,19,21)(H,20,22). The molecule has 23 heavy (non-hydrogen) atoms. The van der Waals surface area contributed by atoms with E-state index in [1.54, 1.807) is 13.0 Å². The fourth-order valence-electron chi connectivity index (χ4n) is 1.97. The summed E-state index contributed by atoms with van der Waals surface area (Å²) in [6, 6.07) is 9.40. The summed E-state index contributed by atoms with van der Waals surface area (Å²) < 4.78 is 5.74. The molecule has 1 unspecified atom stereocenters. The lowest BCUT2D eigenvalue weighted by Crippen LogP contribution is -2.40. The van der Waals surface area contributed by atoms with Crippen molar-refractivity contribution in [3.8, 4) is 11.8 Å². The Bertz CT molecular complexity index is 579. The highest BCUT2D eigenvalue weighted by Gasteiger charge is 2.16. The van der Waals surface area contributed by atoms with Crippen molar-refractivity contribution in [2.45, 2.75) is 39.2 Å². The van der Waals surface area contributed by atoms with Gasteiger partial charge in [0.2, 0.25) is 5.91 Å².